The van der Waals surface area contributed by atoms with Crippen LogP contribution in [-0.2, 0) is 0 Å². The summed E-state index contributed by atoms with van der Waals surface area (Å²) in [7, 11) is 0. The highest BCUT2D eigenvalue weighted by atomic mass is 16.3. The minimum absolute atomic E-state index is 0.178. The molecule has 78 valence electrons. The van der Waals surface area contributed by atoms with Gasteiger partial charge in [-0.1, -0.05) is 26.2 Å². The molecule has 1 aliphatic rings. The third-order valence-corrected chi connectivity index (χ3v) is 3.28. The average Bonchev–Trinajstić information content (AvgIpc) is 2.18. The monoisotopic (exact) mass is 186 g/mol. The van der Waals surface area contributed by atoms with Crippen molar-refractivity contribution in [3.05, 3.63) is 0 Å². The smallest absolute Gasteiger partial charge is 0.0571 e. The maximum atomic E-state index is 9.86. The van der Waals surface area contributed by atoms with Gasteiger partial charge in [0.2, 0.25) is 0 Å². The lowest BCUT2D eigenvalue weighted by Crippen LogP contribution is -2.32. The van der Waals surface area contributed by atoms with Crippen LogP contribution in [-0.4, -0.2) is 22.9 Å². The predicted molar refractivity (Wildman–Crippen MR) is 53.4 cm³/mol. The highest BCUT2D eigenvalue weighted by molar-refractivity contribution is 4.80. The zero-order chi connectivity index (χ0) is 9.68. The van der Waals surface area contributed by atoms with Gasteiger partial charge in [0.05, 0.1) is 6.10 Å². The third-order valence-electron chi connectivity index (χ3n) is 3.28. The summed E-state index contributed by atoms with van der Waals surface area (Å²) in [5, 5.41) is 19.0. The minimum Gasteiger partial charge on any atom is -0.396 e. The summed E-state index contributed by atoms with van der Waals surface area (Å²) in [5.41, 5.74) is 0. The first kappa shape index (κ1) is 11.0. The van der Waals surface area contributed by atoms with Crippen LogP contribution in [0.2, 0.25) is 0 Å². The Morgan fingerprint density at radius 3 is 2.62 bits per heavy atom. The van der Waals surface area contributed by atoms with Gasteiger partial charge < -0.3 is 10.2 Å². The van der Waals surface area contributed by atoms with Crippen molar-refractivity contribution in [2.45, 2.75) is 51.6 Å². The van der Waals surface area contributed by atoms with Gasteiger partial charge in [-0.2, -0.15) is 0 Å². The van der Waals surface area contributed by atoms with Crippen molar-refractivity contribution in [2.24, 2.45) is 11.8 Å². The van der Waals surface area contributed by atoms with Crippen molar-refractivity contribution in [2.75, 3.05) is 6.61 Å². The molecule has 2 heteroatoms. The van der Waals surface area contributed by atoms with Crippen LogP contribution < -0.4 is 0 Å². The van der Waals surface area contributed by atoms with E-state index in [9.17, 15) is 5.11 Å². The lowest BCUT2D eigenvalue weighted by Gasteiger charge is -2.33. The average molecular weight is 186 g/mol. The van der Waals surface area contributed by atoms with E-state index < -0.39 is 0 Å². The van der Waals surface area contributed by atoms with E-state index in [1.165, 1.54) is 12.8 Å². The molecule has 0 aromatic carbocycles. The standard InChI is InChI=1S/C11H22O2/c1-2-5-11(13)10-7-4-3-6-9(10)8-12/h9-13H,2-8H2,1H3. The van der Waals surface area contributed by atoms with Crippen molar-refractivity contribution in [1.82, 2.24) is 0 Å². The molecule has 3 atom stereocenters. The number of rotatable bonds is 4. The molecule has 0 radical (unpaired) electrons. The van der Waals surface area contributed by atoms with Gasteiger partial charge in [0.15, 0.2) is 0 Å². The summed E-state index contributed by atoms with van der Waals surface area (Å²) < 4.78 is 0. The fraction of sp³-hybridized carbons (Fsp3) is 1.00. The molecule has 1 aliphatic carbocycles. The molecule has 1 fully saturated rings. The highest BCUT2D eigenvalue weighted by Crippen LogP contribution is 2.33. The van der Waals surface area contributed by atoms with E-state index in [0.717, 1.165) is 25.7 Å². The molecule has 0 bridgehead atoms. The molecular formula is C11H22O2. The van der Waals surface area contributed by atoms with Gasteiger partial charge >= 0.3 is 0 Å². The molecule has 0 saturated heterocycles. The van der Waals surface area contributed by atoms with Crippen LogP contribution in [0, 0.1) is 11.8 Å². The molecule has 0 heterocycles. The Morgan fingerprint density at radius 1 is 1.31 bits per heavy atom. The first-order chi connectivity index (χ1) is 6.29. The van der Waals surface area contributed by atoms with Gasteiger partial charge in [-0.3, -0.25) is 0 Å². The molecule has 0 aliphatic heterocycles. The topological polar surface area (TPSA) is 40.5 Å². The third kappa shape index (κ3) is 2.96. The van der Waals surface area contributed by atoms with Crippen molar-refractivity contribution < 1.29 is 10.2 Å². The molecule has 1 saturated carbocycles. The van der Waals surface area contributed by atoms with Gasteiger partial charge in [0.25, 0.3) is 0 Å². The zero-order valence-electron chi connectivity index (χ0n) is 8.58. The predicted octanol–water partition coefficient (Wildman–Crippen LogP) is 1.95. The first-order valence-corrected chi connectivity index (χ1v) is 5.58. The fourth-order valence-electron chi connectivity index (χ4n) is 2.48. The quantitative estimate of drug-likeness (QED) is 0.704. The summed E-state index contributed by atoms with van der Waals surface area (Å²) in [6, 6.07) is 0. The number of aliphatic hydroxyl groups is 2. The van der Waals surface area contributed by atoms with Gasteiger partial charge in [0, 0.05) is 6.61 Å². The molecule has 0 spiro atoms. The van der Waals surface area contributed by atoms with E-state index in [1.807, 2.05) is 0 Å². The lowest BCUT2D eigenvalue weighted by atomic mass is 9.75. The van der Waals surface area contributed by atoms with E-state index in [4.69, 9.17) is 5.11 Å². The summed E-state index contributed by atoms with van der Waals surface area (Å²) in [5.74, 6) is 0.717. The second-order valence-corrected chi connectivity index (χ2v) is 4.25. The lowest BCUT2D eigenvalue weighted by molar-refractivity contribution is 0.0188. The Bertz CT molecular complexity index is 136. The van der Waals surface area contributed by atoms with Gasteiger partial charge in [-0.15, -0.1) is 0 Å². The van der Waals surface area contributed by atoms with Crippen LogP contribution in [0.25, 0.3) is 0 Å². The molecule has 3 unspecified atom stereocenters. The number of hydrogen-bond donors (Lipinski definition) is 2. The number of hydrogen-bond acceptors (Lipinski definition) is 2. The largest absolute Gasteiger partial charge is 0.396 e. The Hall–Kier alpha value is -0.0800. The second-order valence-electron chi connectivity index (χ2n) is 4.25. The van der Waals surface area contributed by atoms with Crippen LogP contribution in [0.3, 0.4) is 0 Å². The molecular weight excluding hydrogens is 164 g/mol. The number of aliphatic hydroxyl groups excluding tert-OH is 2. The van der Waals surface area contributed by atoms with Crippen molar-refractivity contribution in [3.8, 4) is 0 Å². The fourth-order valence-corrected chi connectivity index (χ4v) is 2.48. The van der Waals surface area contributed by atoms with Crippen molar-refractivity contribution in [3.63, 3.8) is 0 Å². The van der Waals surface area contributed by atoms with E-state index in [2.05, 4.69) is 6.92 Å². The molecule has 1 rings (SSSR count). The summed E-state index contributed by atoms with van der Waals surface area (Å²) >= 11 is 0. The van der Waals surface area contributed by atoms with Crippen LogP contribution in [0.15, 0.2) is 0 Å². The van der Waals surface area contributed by atoms with Gasteiger partial charge in [0.1, 0.15) is 0 Å². The van der Waals surface area contributed by atoms with E-state index in [1.54, 1.807) is 0 Å². The Morgan fingerprint density at radius 2 is 2.00 bits per heavy atom. The molecule has 13 heavy (non-hydrogen) atoms. The molecule has 0 amide bonds. The van der Waals surface area contributed by atoms with Crippen LogP contribution in [0.1, 0.15) is 45.4 Å². The minimum atomic E-state index is -0.178. The van der Waals surface area contributed by atoms with Crippen LogP contribution in [0.4, 0.5) is 0 Å². The molecule has 0 aromatic heterocycles. The normalized spacial score (nSPS) is 31.6. The second kappa shape index (κ2) is 5.61. The Kier molecular flexibility index (Phi) is 4.74. The highest BCUT2D eigenvalue weighted by Gasteiger charge is 2.29. The first-order valence-electron chi connectivity index (χ1n) is 5.58. The molecule has 2 nitrogen and oxygen atoms in total. The van der Waals surface area contributed by atoms with Gasteiger partial charge in [-0.05, 0) is 31.1 Å². The van der Waals surface area contributed by atoms with E-state index in [0.29, 0.717) is 11.8 Å². The molecule has 2 N–H and O–H groups in total. The van der Waals surface area contributed by atoms with E-state index in [-0.39, 0.29) is 12.7 Å². The van der Waals surface area contributed by atoms with Crippen molar-refractivity contribution >= 4 is 0 Å². The summed E-state index contributed by atoms with van der Waals surface area (Å²) in [6.07, 6.45) is 6.40. The van der Waals surface area contributed by atoms with E-state index >= 15 is 0 Å². The molecule has 0 aromatic rings. The SMILES string of the molecule is CCCC(O)C1CCCCC1CO. The van der Waals surface area contributed by atoms with Crippen LogP contribution >= 0.6 is 0 Å². The Labute approximate surface area is 81.0 Å². The summed E-state index contributed by atoms with van der Waals surface area (Å²) in [6.45, 7) is 2.35. The van der Waals surface area contributed by atoms with Crippen LogP contribution in [0.5, 0.6) is 0 Å². The Balaban J connectivity index is 2.43. The van der Waals surface area contributed by atoms with Crippen molar-refractivity contribution in [1.29, 1.82) is 0 Å². The maximum absolute atomic E-state index is 9.86. The zero-order valence-corrected chi connectivity index (χ0v) is 8.58. The van der Waals surface area contributed by atoms with Gasteiger partial charge in [-0.25, -0.2) is 0 Å². The maximum Gasteiger partial charge on any atom is 0.0571 e. The summed E-state index contributed by atoms with van der Waals surface area (Å²) in [4.78, 5) is 0.